The molecule has 3 aromatic rings. The third kappa shape index (κ3) is 5.90. The zero-order valence-corrected chi connectivity index (χ0v) is 21.5. The number of thioether (sulfide) groups is 1. The number of benzene rings is 3. The van der Waals surface area contributed by atoms with Gasteiger partial charge in [0, 0.05) is 27.2 Å². The molecule has 0 aromatic heterocycles. The first-order valence-electron chi connectivity index (χ1n) is 10.7. The predicted octanol–water partition coefficient (Wildman–Crippen LogP) is 7.83. The molecule has 0 spiro atoms. The van der Waals surface area contributed by atoms with Gasteiger partial charge in [0.15, 0.2) is 5.17 Å². The van der Waals surface area contributed by atoms with E-state index < -0.39 is 0 Å². The lowest BCUT2D eigenvalue weighted by atomic mass is 10.1. The third-order valence-electron chi connectivity index (χ3n) is 4.99. The number of amidine groups is 1. The fourth-order valence-corrected chi connectivity index (χ4v) is 4.83. The molecule has 1 amide bonds. The van der Waals surface area contributed by atoms with Gasteiger partial charge in [-0.25, -0.2) is 9.38 Å². The summed E-state index contributed by atoms with van der Waals surface area (Å²) < 4.78 is 20.8. The van der Waals surface area contributed by atoms with Crippen LogP contribution in [0.5, 0.6) is 5.75 Å². The van der Waals surface area contributed by atoms with Crippen molar-refractivity contribution in [2.45, 2.75) is 20.0 Å². The van der Waals surface area contributed by atoms with Crippen molar-refractivity contribution in [1.82, 2.24) is 4.90 Å². The topological polar surface area (TPSA) is 41.9 Å². The van der Waals surface area contributed by atoms with Gasteiger partial charge in [-0.3, -0.25) is 9.69 Å². The number of halogens is 3. The highest BCUT2D eigenvalue weighted by molar-refractivity contribution is 9.10. The number of hydrogen-bond donors (Lipinski definition) is 0. The quantitative estimate of drug-likeness (QED) is 0.277. The highest BCUT2D eigenvalue weighted by Gasteiger charge is 2.33. The second kappa shape index (κ2) is 11.2. The first-order chi connectivity index (χ1) is 16.4. The monoisotopic (exact) mass is 558 g/mol. The molecule has 1 fully saturated rings. The van der Waals surface area contributed by atoms with Crippen LogP contribution in [0.2, 0.25) is 5.02 Å². The molecule has 1 heterocycles. The van der Waals surface area contributed by atoms with Crippen LogP contribution in [0.25, 0.3) is 6.08 Å². The van der Waals surface area contributed by atoms with E-state index in [1.807, 2.05) is 31.2 Å². The summed E-state index contributed by atoms with van der Waals surface area (Å²) in [6.07, 6.45) is 2.59. The molecular weight excluding hydrogens is 539 g/mol. The molecule has 0 bridgehead atoms. The summed E-state index contributed by atoms with van der Waals surface area (Å²) in [5, 5.41) is 1.24. The molecular formula is C26H21BrClFN2O2S. The fourth-order valence-electron chi connectivity index (χ4n) is 3.31. The highest BCUT2D eigenvalue weighted by atomic mass is 79.9. The number of hydrogen-bond acceptors (Lipinski definition) is 4. The minimum absolute atomic E-state index is 0.0802. The Labute approximate surface area is 215 Å². The normalized spacial score (nSPS) is 16.0. The van der Waals surface area contributed by atoms with E-state index in [4.69, 9.17) is 16.3 Å². The summed E-state index contributed by atoms with van der Waals surface area (Å²) in [4.78, 5) is 20.1. The van der Waals surface area contributed by atoms with Crippen molar-refractivity contribution in [3.05, 3.63) is 98.1 Å². The molecule has 1 aliphatic rings. The molecule has 34 heavy (non-hydrogen) atoms. The molecule has 174 valence electrons. The molecule has 0 radical (unpaired) electrons. The summed E-state index contributed by atoms with van der Waals surface area (Å²) in [7, 11) is 0. The SMILES string of the molecule is CCCN1C(=O)/C(=C/c2cc(Br)ccc2OCc2ccccc2F)SC1=Nc1ccc(Cl)cc1. The summed E-state index contributed by atoms with van der Waals surface area (Å²) in [5.41, 5.74) is 1.89. The molecule has 0 atom stereocenters. The van der Waals surface area contributed by atoms with Crippen LogP contribution in [0, 0.1) is 5.82 Å². The number of carbonyl (C=O) groups is 1. The van der Waals surface area contributed by atoms with Gasteiger partial charge in [0.2, 0.25) is 0 Å². The first kappa shape index (κ1) is 24.5. The van der Waals surface area contributed by atoms with Crippen molar-refractivity contribution in [3.63, 3.8) is 0 Å². The maximum Gasteiger partial charge on any atom is 0.266 e. The standard InChI is InChI=1S/C26H21BrClFN2O2S/c1-2-13-31-25(32)24(34-26(31)30-21-10-8-20(28)9-11-21)15-18-14-19(27)7-12-23(18)33-16-17-5-3-4-6-22(17)29/h3-12,14-15H,2,13,16H2,1H3/b24-15-,30-26?. The number of carbonyl (C=O) groups excluding carboxylic acids is 1. The van der Waals surface area contributed by atoms with Crippen LogP contribution in [-0.4, -0.2) is 22.5 Å². The lowest BCUT2D eigenvalue weighted by Gasteiger charge is -2.14. The van der Waals surface area contributed by atoms with Crippen LogP contribution in [-0.2, 0) is 11.4 Å². The number of ether oxygens (including phenoxy) is 1. The lowest BCUT2D eigenvalue weighted by molar-refractivity contribution is -0.122. The molecule has 0 saturated carbocycles. The van der Waals surface area contributed by atoms with Crippen LogP contribution in [0.4, 0.5) is 10.1 Å². The second-order valence-corrected chi connectivity index (χ2v) is 9.86. The van der Waals surface area contributed by atoms with E-state index in [-0.39, 0.29) is 18.3 Å². The molecule has 1 aliphatic heterocycles. The van der Waals surface area contributed by atoms with Crippen molar-refractivity contribution >= 4 is 62.1 Å². The smallest absolute Gasteiger partial charge is 0.266 e. The van der Waals surface area contributed by atoms with Crippen molar-refractivity contribution in [2.24, 2.45) is 4.99 Å². The Bertz CT molecular complexity index is 1260. The number of amides is 1. The van der Waals surface area contributed by atoms with Crippen molar-refractivity contribution in [3.8, 4) is 5.75 Å². The largest absolute Gasteiger partial charge is 0.488 e. The van der Waals surface area contributed by atoms with Gasteiger partial charge < -0.3 is 4.74 Å². The Balaban J connectivity index is 1.63. The molecule has 3 aromatic carbocycles. The summed E-state index contributed by atoms with van der Waals surface area (Å²) in [6, 6.07) is 19.2. The third-order valence-corrected chi connectivity index (χ3v) is 6.74. The van der Waals surface area contributed by atoms with E-state index in [2.05, 4.69) is 20.9 Å². The van der Waals surface area contributed by atoms with E-state index in [0.29, 0.717) is 38.5 Å². The van der Waals surface area contributed by atoms with Gasteiger partial charge in [-0.15, -0.1) is 0 Å². The highest BCUT2D eigenvalue weighted by Crippen LogP contribution is 2.36. The molecule has 8 heteroatoms. The Morgan fingerprint density at radius 2 is 1.91 bits per heavy atom. The van der Waals surface area contributed by atoms with Crippen LogP contribution >= 0.6 is 39.3 Å². The van der Waals surface area contributed by atoms with Crippen molar-refractivity contribution in [2.75, 3.05) is 6.54 Å². The number of rotatable bonds is 7. The number of aliphatic imine (C=N–C) groups is 1. The second-order valence-electron chi connectivity index (χ2n) is 7.50. The molecule has 0 aliphatic carbocycles. The average Bonchev–Trinajstić information content (AvgIpc) is 3.10. The van der Waals surface area contributed by atoms with Crippen LogP contribution in [0.1, 0.15) is 24.5 Å². The predicted molar refractivity (Wildman–Crippen MR) is 141 cm³/mol. The number of nitrogens with zero attached hydrogens (tertiary/aromatic N) is 2. The Hall–Kier alpha value is -2.61. The summed E-state index contributed by atoms with van der Waals surface area (Å²) >= 11 is 10.8. The Kier molecular flexibility index (Phi) is 8.08. The van der Waals surface area contributed by atoms with E-state index in [1.54, 1.807) is 47.4 Å². The lowest BCUT2D eigenvalue weighted by Crippen LogP contribution is -2.29. The van der Waals surface area contributed by atoms with Crippen molar-refractivity contribution < 1.29 is 13.9 Å². The van der Waals surface area contributed by atoms with Crippen LogP contribution in [0.3, 0.4) is 0 Å². The van der Waals surface area contributed by atoms with Gasteiger partial charge in [0.05, 0.1) is 10.6 Å². The van der Waals surface area contributed by atoms with Gasteiger partial charge in [0.25, 0.3) is 5.91 Å². The Morgan fingerprint density at radius 1 is 1.15 bits per heavy atom. The van der Waals surface area contributed by atoms with Gasteiger partial charge in [0.1, 0.15) is 18.2 Å². The van der Waals surface area contributed by atoms with Gasteiger partial charge in [-0.2, -0.15) is 0 Å². The zero-order valence-electron chi connectivity index (χ0n) is 18.3. The Morgan fingerprint density at radius 3 is 2.65 bits per heavy atom. The van der Waals surface area contributed by atoms with E-state index in [1.165, 1.54) is 17.8 Å². The first-order valence-corrected chi connectivity index (χ1v) is 12.6. The van der Waals surface area contributed by atoms with Crippen LogP contribution < -0.4 is 4.74 Å². The molecule has 0 N–H and O–H groups in total. The minimum atomic E-state index is -0.320. The van der Waals surface area contributed by atoms with Gasteiger partial charge >= 0.3 is 0 Å². The van der Waals surface area contributed by atoms with Crippen LogP contribution in [0.15, 0.2) is 81.1 Å². The molecule has 0 unspecified atom stereocenters. The summed E-state index contributed by atoms with van der Waals surface area (Å²) in [6.45, 7) is 2.66. The minimum Gasteiger partial charge on any atom is -0.488 e. The average molecular weight is 560 g/mol. The maximum absolute atomic E-state index is 14.0. The van der Waals surface area contributed by atoms with E-state index >= 15 is 0 Å². The van der Waals surface area contributed by atoms with Gasteiger partial charge in [-0.05, 0) is 72.8 Å². The fraction of sp³-hybridized carbons (Fsp3) is 0.154. The van der Waals surface area contributed by atoms with Gasteiger partial charge in [-0.1, -0.05) is 52.7 Å². The maximum atomic E-state index is 14.0. The molecule has 4 rings (SSSR count). The molecule has 1 saturated heterocycles. The van der Waals surface area contributed by atoms with E-state index in [0.717, 1.165) is 16.6 Å². The summed E-state index contributed by atoms with van der Waals surface area (Å²) in [5.74, 6) is 0.122. The van der Waals surface area contributed by atoms with E-state index in [9.17, 15) is 9.18 Å². The van der Waals surface area contributed by atoms with Crippen molar-refractivity contribution in [1.29, 1.82) is 0 Å². The zero-order chi connectivity index (χ0) is 24.1. The molecule has 4 nitrogen and oxygen atoms in total.